The van der Waals surface area contributed by atoms with Gasteiger partial charge in [0.1, 0.15) is 6.04 Å². The summed E-state index contributed by atoms with van der Waals surface area (Å²) in [6.45, 7) is 18.0. The van der Waals surface area contributed by atoms with E-state index >= 15 is 0 Å². The minimum atomic E-state index is -0.825. The molecule has 1 aromatic carbocycles. The summed E-state index contributed by atoms with van der Waals surface area (Å²) in [6.07, 6.45) is 6.78. The van der Waals surface area contributed by atoms with E-state index in [1.807, 2.05) is 52.0 Å². The number of hydrogen-bond donors (Lipinski definition) is 1. The Balaban J connectivity index is 1.79. The largest absolute Gasteiger partial charge is 0.465 e. The van der Waals surface area contributed by atoms with E-state index in [4.69, 9.17) is 4.74 Å². The molecule has 1 aromatic rings. The van der Waals surface area contributed by atoms with E-state index < -0.39 is 28.7 Å². The summed E-state index contributed by atoms with van der Waals surface area (Å²) in [4.78, 5) is 46.4. The van der Waals surface area contributed by atoms with Crippen LogP contribution in [0.3, 0.4) is 0 Å². The van der Waals surface area contributed by atoms with Gasteiger partial charge in [0.05, 0.1) is 35.8 Å². The molecule has 7 nitrogen and oxygen atoms in total. The van der Waals surface area contributed by atoms with Crippen molar-refractivity contribution in [3.63, 3.8) is 0 Å². The standard InChI is InChI=1S/C33H46N2O5S/c1-8-10-11-12-17-40-32(39)26-25-18-23(7)33(41-25)27(26)30(37)35(24(19-36)20(3)4)29(33)31(38)34(16-9-2)28-21(5)14-13-15-22(28)6/h8-9,13-15,20,23-27,29,36H,1-2,10-12,16-19H2,3-7H3/t23?,24-,25+,26-,27-,29?,33?/m0/s1. The van der Waals surface area contributed by atoms with Crippen molar-refractivity contribution in [1.29, 1.82) is 0 Å². The smallest absolute Gasteiger partial charge is 0.310 e. The maximum Gasteiger partial charge on any atom is 0.310 e. The molecule has 0 saturated carbocycles. The fraction of sp³-hybridized carbons (Fsp3) is 0.606. The molecule has 3 heterocycles. The van der Waals surface area contributed by atoms with Crippen LogP contribution < -0.4 is 4.90 Å². The number of anilines is 1. The number of rotatable bonds is 13. The van der Waals surface area contributed by atoms with Gasteiger partial charge in [-0.15, -0.1) is 24.9 Å². The highest BCUT2D eigenvalue weighted by Crippen LogP contribution is 2.69. The molecule has 7 atom stereocenters. The minimum absolute atomic E-state index is 0.0251. The summed E-state index contributed by atoms with van der Waals surface area (Å²) in [6, 6.07) is 4.55. The van der Waals surface area contributed by atoms with Crippen LogP contribution in [0.4, 0.5) is 5.69 Å². The number of aliphatic hydroxyl groups is 1. The summed E-state index contributed by atoms with van der Waals surface area (Å²) in [5.41, 5.74) is 2.74. The highest BCUT2D eigenvalue weighted by atomic mass is 32.2. The maximum absolute atomic E-state index is 14.9. The number of carbonyl (C=O) groups is 3. The molecule has 4 rings (SSSR count). The van der Waals surface area contributed by atoms with E-state index in [0.717, 1.165) is 42.5 Å². The Bertz CT molecular complexity index is 1160. The number of para-hydroxylation sites is 1. The second kappa shape index (κ2) is 12.7. The number of fused-ring (bicyclic) bond motifs is 1. The lowest BCUT2D eigenvalue weighted by Crippen LogP contribution is -2.60. The minimum Gasteiger partial charge on any atom is -0.465 e. The molecule has 41 heavy (non-hydrogen) atoms. The molecule has 3 fully saturated rings. The van der Waals surface area contributed by atoms with Gasteiger partial charge in [0.25, 0.3) is 5.91 Å². The van der Waals surface area contributed by atoms with E-state index in [1.54, 1.807) is 27.6 Å². The molecular formula is C33H46N2O5S. The monoisotopic (exact) mass is 582 g/mol. The van der Waals surface area contributed by atoms with Crippen LogP contribution in [0, 0.1) is 37.5 Å². The van der Waals surface area contributed by atoms with Gasteiger partial charge in [0.2, 0.25) is 5.91 Å². The molecule has 1 spiro atoms. The molecule has 8 heteroatoms. The number of aliphatic hydroxyl groups excluding tert-OH is 1. The van der Waals surface area contributed by atoms with Gasteiger partial charge >= 0.3 is 5.97 Å². The molecule has 224 valence electrons. The lowest BCUT2D eigenvalue weighted by molar-refractivity contribution is -0.155. The number of hydrogen-bond acceptors (Lipinski definition) is 6. The van der Waals surface area contributed by atoms with E-state index in [2.05, 4.69) is 20.1 Å². The van der Waals surface area contributed by atoms with Crippen LogP contribution in [-0.4, -0.2) is 69.6 Å². The number of aryl methyl sites for hydroxylation is 2. The van der Waals surface area contributed by atoms with Crippen molar-refractivity contribution in [1.82, 2.24) is 4.90 Å². The molecule has 3 unspecified atom stereocenters. The predicted molar refractivity (Wildman–Crippen MR) is 165 cm³/mol. The Labute approximate surface area is 249 Å². The predicted octanol–water partition coefficient (Wildman–Crippen LogP) is 5.08. The van der Waals surface area contributed by atoms with Crippen LogP contribution in [0.25, 0.3) is 0 Å². The van der Waals surface area contributed by atoms with Crippen LogP contribution in [-0.2, 0) is 19.1 Å². The van der Waals surface area contributed by atoms with Crippen LogP contribution in [0.1, 0.15) is 57.6 Å². The second-order valence-electron chi connectivity index (χ2n) is 12.2. The van der Waals surface area contributed by atoms with E-state index in [0.29, 0.717) is 6.61 Å². The Morgan fingerprint density at radius 1 is 1.22 bits per heavy atom. The van der Waals surface area contributed by atoms with Gasteiger partial charge < -0.3 is 19.6 Å². The van der Waals surface area contributed by atoms with Gasteiger partial charge in [-0.1, -0.05) is 51.1 Å². The number of carbonyl (C=O) groups excluding carboxylic acids is 3. The maximum atomic E-state index is 14.9. The third kappa shape index (κ3) is 5.27. The van der Waals surface area contributed by atoms with Crippen LogP contribution >= 0.6 is 11.8 Å². The number of likely N-dealkylation sites (tertiary alicyclic amines) is 1. The molecular weight excluding hydrogens is 536 g/mol. The number of esters is 1. The Morgan fingerprint density at radius 3 is 2.49 bits per heavy atom. The summed E-state index contributed by atoms with van der Waals surface area (Å²) in [5.74, 6) is -2.09. The quantitative estimate of drug-likeness (QED) is 0.198. The Morgan fingerprint density at radius 2 is 1.90 bits per heavy atom. The lowest BCUT2D eigenvalue weighted by atomic mass is 9.66. The fourth-order valence-electron chi connectivity index (χ4n) is 7.44. The first-order valence-electron chi connectivity index (χ1n) is 14.9. The molecule has 3 aliphatic rings. The number of ether oxygens (including phenoxy) is 1. The van der Waals surface area contributed by atoms with Gasteiger partial charge in [-0.2, -0.15) is 0 Å². The van der Waals surface area contributed by atoms with Gasteiger partial charge in [-0.3, -0.25) is 14.4 Å². The number of unbranched alkanes of at least 4 members (excludes halogenated alkanes) is 2. The van der Waals surface area contributed by atoms with Crippen molar-refractivity contribution in [2.45, 2.75) is 82.4 Å². The summed E-state index contributed by atoms with van der Waals surface area (Å²) >= 11 is 1.63. The van der Waals surface area contributed by atoms with Gasteiger partial charge in [0, 0.05) is 17.5 Å². The van der Waals surface area contributed by atoms with Crippen LogP contribution in [0.5, 0.6) is 0 Å². The SMILES string of the molecule is C=CCCCCOC(=O)[C@@H]1[C@H]2C(=O)N([C@@H](CO)C(C)C)C(C(=O)N(CC=C)c3c(C)cccc3C)C23S[C@@H]1CC3C. The Kier molecular flexibility index (Phi) is 9.74. The molecule has 0 aromatic heterocycles. The zero-order chi connectivity index (χ0) is 30.1. The zero-order valence-corrected chi connectivity index (χ0v) is 26.0. The number of allylic oxidation sites excluding steroid dienone is 1. The highest BCUT2D eigenvalue weighted by molar-refractivity contribution is 8.02. The second-order valence-corrected chi connectivity index (χ2v) is 13.8. The van der Waals surface area contributed by atoms with Crippen molar-refractivity contribution >= 4 is 35.2 Å². The number of amides is 2. The van der Waals surface area contributed by atoms with Crippen molar-refractivity contribution in [3.8, 4) is 0 Å². The van der Waals surface area contributed by atoms with E-state index in [-0.39, 0.29) is 48.0 Å². The third-order valence-electron chi connectivity index (χ3n) is 9.34. The molecule has 2 amide bonds. The van der Waals surface area contributed by atoms with Gasteiger partial charge in [-0.05, 0) is 62.5 Å². The lowest BCUT2D eigenvalue weighted by Gasteiger charge is -2.43. The molecule has 3 saturated heterocycles. The first-order chi connectivity index (χ1) is 19.6. The van der Waals surface area contributed by atoms with Gasteiger partial charge in [0.15, 0.2) is 0 Å². The zero-order valence-electron chi connectivity index (χ0n) is 25.2. The molecule has 3 aliphatic heterocycles. The summed E-state index contributed by atoms with van der Waals surface area (Å²) in [7, 11) is 0. The average Bonchev–Trinajstić information content (AvgIpc) is 3.51. The number of benzene rings is 1. The van der Waals surface area contributed by atoms with E-state index in [9.17, 15) is 19.5 Å². The number of thioether (sulfide) groups is 1. The first-order valence-corrected chi connectivity index (χ1v) is 15.8. The van der Waals surface area contributed by atoms with Gasteiger partial charge in [-0.25, -0.2) is 0 Å². The van der Waals surface area contributed by atoms with Crippen molar-refractivity contribution in [2.24, 2.45) is 23.7 Å². The first kappa shape index (κ1) is 31.4. The third-order valence-corrected chi connectivity index (χ3v) is 11.4. The molecule has 0 aliphatic carbocycles. The topological polar surface area (TPSA) is 87.1 Å². The normalized spacial score (nSPS) is 29.0. The van der Waals surface area contributed by atoms with Crippen LogP contribution in [0.15, 0.2) is 43.5 Å². The summed E-state index contributed by atoms with van der Waals surface area (Å²) < 4.78 is 4.96. The fourth-order valence-corrected chi connectivity index (χ4v) is 9.83. The van der Waals surface area contributed by atoms with Crippen molar-refractivity contribution in [2.75, 3.05) is 24.7 Å². The van der Waals surface area contributed by atoms with Crippen molar-refractivity contribution in [3.05, 3.63) is 54.6 Å². The molecule has 2 bridgehead atoms. The molecule has 1 N–H and O–H groups in total. The number of nitrogens with zero attached hydrogens (tertiary/aromatic N) is 2. The Hall–Kier alpha value is -2.58. The van der Waals surface area contributed by atoms with E-state index in [1.165, 1.54) is 0 Å². The van der Waals surface area contributed by atoms with Crippen LogP contribution in [0.2, 0.25) is 0 Å². The summed E-state index contributed by atoms with van der Waals surface area (Å²) in [5, 5.41) is 10.5. The molecule has 0 radical (unpaired) electrons. The van der Waals surface area contributed by atoms with Crippen molar-refractivity contribution < 1.29 is 24.2 Å². The highest BCUT2D eigenvalue weighted by Gasteiger charge is 2.77. The average molecular weight is 583 g/mol.